The molecule has 0 saturated carbocycles. The van der Waals surface area contributed by atoms with Crippen LogP contribution in [0.2, 0.25) is 0 Å². The maximum absolute atomic E-state index is 12.1. The molecule has 0 saturated heterocycles. The first kappa shape index (κ1) is 24.9. The quantitative estimate of drug-likeness (QED) is 0.192. The van der Waals surface area contributed by atoms with E-state index in [1.807, 2.05) is 37.3 Å². The first-order chi connectivity index (χ1) is 13.1. The summed E-state index contributed by atoms with van der Waals surface area (Å²) in [4.78, 5) is 4.39. The van der Waals surface area contributed by atoms with Gasteiger partial charge in [0.1, 0.15) is 0 Å². The Bertz CT molecular complexity index is 721. The summed E-state index contributed by atoms with van der Waals surface area (Å²) in [6.45, 7) is 4.09. The van der Waals surface area contributed by atoms with Gasteiger partial charge in [-0.1, -0.05) is 42.0 Å². The molecule has 8 heteroatoms. The van der Waals surface area contributed by atoms with Crippen molar-refractivity contribution in [3.8, 4) is 0 Å². The predicted octanol–water partition coefficient (Wildman–Crippen LogP) is 3.17. The molecule has 2 rings (SSSR count). The lowest BCUT2D eigenvalue weighted by atomic mass is 9.97. The van der Waals surface area contributed by atoms with Gasteiger partial charge in [0.2, 0.25) is 10.0 Å². The Labute approximate surface area is 186 Å². The first-order valence-electron chi connectivity index (χ1n) is 9.80. The number of guanidine groups is 1. The van der Waals surface area contributed by atoms with Gasteiger partial charge >= 0.3 is 0 Å². The van der Waals surface area contributed by atoms with Crippen LogP contribution in [-0.2, 0) is 16.6 Å². The Kier molecular flexibility index (Phi) is 12.4. The highest BCUT2D eigenvalue weighted by atomic mass is 127. The van der Waals surface area contributed by atoms with E-state index < -0.39 is 10.0 Å². The van der Waals surface area contributed by atoms with Crippen LogP contribution in [0.15, 0.2) is 47.0 Å². The number of rotatable bonds is 10. The molecule has 158 valence electrons. The van der Waals surface area contributed by atoms with Crippen LogP contribution in [0.5, 0.6) is 0 Å². The summed E-state index contributed by atoms with van der Waals surface area (Å²) in [6, 6.07) is 9.50. The molecule has 0 radical (unpaired) electrons. The zero-order valence-electron chi connectivity index (χ0n) is 16.6. The van der Waals surface area contributed by atoms with Crippen molar-refractivity contribution in [1.82, 2.24) is 15.4 Å². The Hall–Kier alpha value is -1.13. The van der Waals surface area contributed by atoms with Gasteiger partial charge in [0, 0.05) is 19.6 Å². The third-order valence-corrected chi connectivity index (χ3v) is 5.74. The van der Waals surface area contributed by atoms with Crippen molar-refractivity contribution >= 4 is 40.0 Å². The van der Waals surface area contributed by atoms with Crippen LogP contribution in [0.25, 0.3) is 0 Å². The Balaban J connectivity index is 0.00000392. The third kappa shape index (κ3) is 10.4. The lowest BCUT2D eigenvalue weighted by molar-refractivity contribution is 0.581. The standard InChI is InChI=1S/C20H32N4O2S.HI/c1-2-21-20(22-14-13-18-9-5-3-6-10-18)23-15-16-27(25,26)24-17-19-11-7-4-8-12-19;/h4,7-9,11-12,24H,2-3,5-6,10,13-17H2,1H3,(H2,21,22,23);1H. The average molecular weight is 520 g/mol. The number of halogens is 1. The van der Waals surface area contributed by atoms with Gasteiger partial charge in [-0.05, 0) is 44.6 Å². The smallest absolute Gasteiger partial charge is 0.213 e. The monoisotopic (exact) mass is 520 g/mol. The first-order valence-corrected chi connectivity index (χ1v) is 11.5. The van der Waals surface area contributed by atoms with Crippen LogP contribution < -0.4 is 15.4 Å². The van der Waals surface area contributed by atoms with Crippen molar-refractivity contribution in [3.05, 3.63) is 47.5 Å². The topological polar surface area (TPSA) is 82.6 Å². The van der Waals surface area contributed by atoms with Gasteiger partial charge in [0.05, 0.1) is 12.3 Å². The van der Waals surface area contributed by atoms with Crippen molar-refractivity contribution < 1.29 is 8.42 Å². The van der Waals surface area contributed by atoms with E-state index >= 15 is 0 Å². The molecule has 0 spiro atoms. The maximum Gasteiger partial charge on any atom is 0.213 e. The molecular weight excluding hydrogens is 487 g/mol. The van der Waals surface area contributed by atoms with Crippen LogP contribution in [0.1, 0.15) is 44.6 Å². The normalized spacial score (nSPS) is 14.8. The minimum atomic E-state index is -3.35. The molecule has 0 aliphatic heterocycles. The molecule has 3 N–H and O–H groups in total. The number of benzene rings is 1. The molecule has 0 amide bonds. The number of nitrogens with zero attached hydrogens (tertiary/aromatic N) is 1. The van der Waals surface area contributed by atoms with E-state index in [4.69, 9.17) is 0 Å². The van der Waals surface area contributed by atoms with Crippen LogP contribution in [0.3, 0.4) is 0 Å². The SMILES string of the molecule is CCNC(=NCCS(=O)(=O)NCc1ccccc1)NCCC1=CCCCC1.I. The second-order valence-electron chi connectivity index (χ2n) is 6.67. The van der Waals surface area contributed by atoms with E-state index in [9.17, 15) is 8.42 Å². The molecule has 0 unspecified atom stereocenters. The van der Waals surface area contributed by atoms with Gasteiger partial charge in [0.15, 0.2) is 5.96 Å². The van der Waals surface area contributed by atoms with Gasteiger partial charge < -0.3 is 10.6 Å². The van der Waals surface area contributed by atoms with Crippen LogP contribution >= 0.6 is 24.0 Å². The van der Waals surface area contributed by atoms with Crippen molar-refractivity contribution in [1.29, 1.82) is 0 Å². The fourth-order valence-electron chi connectivity index (χ4n) is 2.95. The van der Waals surface area contributed by atoms with Crippen molar-refractivity contribution in [2.75, 3.05) is 25.4 Å². The molecule has 28 heavy (non-hydrogen) atoms. The number of nitrogens with one attached hydrogen (secondary N) is 3. The number of hydrogen-bond acceptors (Lipinski definition) is 3. The van der Waals surface area contributed by atoms with Crippen LogP contribution in [-0.4, -0.2) is 39.8 Å². The number of aliphatic imine (C=N–C) groups is 1. The number of allylic oxidation sites excluding steroid dienone is 1. The summed E-state index contributed by atoms with van der Waals surface area (Å²) < 4.78 is 26.9. The summed E-state index contributed by atoms with van der Waals surface area (Å²) >= 11 is 0. The summed E-state index contributed by atoms with van der Waals surface area (Å²) in [6.07, 6.45) is 8.33. The van der Waals surface area contributed by atoms with Crippen molar-refractivity contribution in [2.24, 2.45) is 4.99 Å². The summed E-state index contributed by atoms with van der Waals surface area (Å²) in [5, 5.41) is 6.46. The minimum absolute atomic E-state index is 0. The summed E-state index contributed by atoms with van der Waals surface area (Å²) in [5.74, 6) is 0.647. The van der Waals surface area contributed by atoms with E-state index in [2.05, 4.69) is 26.4 Å². The van der Waals surface area contributed by atoms with Crippen molar-refractivity contribution in [2.45, 2.75) is 45.6 Å². The lowest BCUT2D eigenvalue weighted by Gasteiger charge is -2.15. The summed E-state index contributed by atoms with van der Waals surface area (Å²) in [5.41, 5.74) is 2.45. The average Bonchev–Trinajstić information content (AvgIpc) is 2.68. The highest BCUT2D eigenvalue weighted by molar-refractivity contribution is 14.0. The summed E-state index contributed by atoms with van der Waals surface area (Å²) in [7, 11) is -3.35. The molecule has 0 fully saturated rings. The molecule has 0 aromatic heterocycles. The molecule has 6 nitrogen and oxygen atoms in total. The van der Waals surface area contributed by atoms with Crippen LogP contribution in [0.4, 0.5) is 0 Å². The molecule has 0 heterocycles. The van der Waals surface area contributed by atoms with Crippen molar-refractivity contribution in [3.63, 3.8) is 0 Å². The largest absolute Gasteiger partial charge is 0.357 e. The number of sulfonamides is 1. The minimum Gasteiger partial charge on any atom is -0.357 e. The van der Waals surface area contributed by atoms with Gasteiger partial charge in [0.25, 0.3) is 0 Å². The maximum atomic E-state index is 12.1. The van der Waals surface area contributed by atoms with E-state index in [1.54, 1.807) is 0 Å². The zero-order valence-corrected chi connectivity index (χ0v) is 19.8. The van der Waals surface area contributed by atoms with E-state index in [-0.39, 0.29) is 36.3 Å². The molecule has 1 aliphatic rings. The highest BCUT2D eigenvalue weighted by Crippen LogP contribution is 2.19. The van der Waals surface area contributed by atoms with E-state index in [0.717, 1.165) is 25.1 Å². The van der Waals surface area contributed by atoms with E-state index in [1.165, 1.54) is 31.3 Å². The second kappa shape index (κ2) is 13.9. The highest BCUT2D eigenvalue weighted by Gasteiger charge is 2.10. The molecule has 0 bridgehead atoms. The molecule has 0 atom stereocenters. The van der Waals surface area contributed by atoms with Gasteiger partial charge in [-0.3, -0.25) is 4.99 Å². The Morgan fingerprint density at radius 3 is 2.61 bits per heavy atom. The lowest BCUT2D eigenvalue weighted by Crippen LogP contribution is -2.38. The zero-order chi connectivity index (χ0) is 19.4. The number of hydrogen-bond donors (Lipinski definition) is 3. The second-order valence-corrected chi connectivity index (χ2v) is 8.60. The Morgan fingerprint density at radius 1 is 1.14 bits per heavy atom. The predicted molar refractivity (Wildman–Crippen MR) is 128 cm³/mol. The molecular formula is C20H33IN4O2S. The molecule has 1 aromatic rings. The van der Waals surface area contributed by atoms with Crippen LogP contribution in [0, 0.1) is 0 Å². The third-order valence-electron chi connectivity index (χ3n) is 4.44. The van der Waals surface area contributed by atoms with E-state index in [0.29, 0.717) is 12.5 Å². The molecule has 1 aliphatic carbocycles. The molecule has 1 aromatic carbocycles. The van der Waals surface area contributed by atoms with Gasteiger partial charge in [-0.2, -0.15) is 0 Å². The fraction of sp³-hybridized carbons (Fsp3) is 0.550. The van der Waals surface area contributed by atoms with Gasteiger partial charge in [-0.25, -0.2) is 13.1 Å². The fourth-order valence-corrected chi connectivity index (χ4v) is 3.82. The van der Waals surface area contributed by atoms with Gasteiger partial charge in [-0.15, -0.1) is 24.0 Å². The Morgan fingerprint density at radius 2 is 1.93 bits per heavy atom.